The van der Waals surface area contributed by atoms with Gasteiger partial charge < -0.3 is 4.74 Å². The normalized spacial score (nSPS) is 35.4. The maximum Gasteiger partial charge on any atom is 0.305 e. The molecule has 0 aliphatic heterocycles. The van der Waals surface area contributed by atoms with Crippen molar-refractivity contribution in [2.24, 2.45) is 11.8 Å². The number of esters is 1. The lowest BCUT2D eigenvalue weighted by atomic mass is 9.86. The first-order chi connectivity index (χ1) is 6.79. The third kappa shape index (κ3) is 1.99. The van der Waals surface area contributed by atoms with Crippen LogP contribution in [-0.2, 0) is 9.53 Å². The minimum atomic E-state index is -0.0402. The van der Waals surface area contributed by atoms with E-state index in [1.54, 1.807) is 0 Å². The van der Waals surface area contributed by atoms with Gasteiger partial charge in [0.25, 0.3) is 0 Å². The molecule has 0 N–H and O–H groups in total. The van der Waals surface area contributed by atoms with Crippen molar-refractivity contribution in [1.29, 1.82) is 0 Å². The Labute approximate surface area is 85.3 Å². The first-order valence-corrected chi connectivity index (χ1v) is 5.64. The van der Waals surface area contributed by atoms with Gasteiger partial charge in [-0.1, -0.05) is 19.1 Å². The predicted octanol–water partition coefficient (Wildman–Crippen LogP) is 2.68. The Kier molecular flexibility index (Phi) is 2.90. The van der Waals surface area contributed by atoms with E-state index in [0.717, 1.165) is 24.7 Å². The number of rotatable bonds is 2. The summed E-state index contributed by atoms with van der Waals surface area (Å²) in [6.45, 7) is 1.85. The number of ether oxygens (including phenoxy) is 1. The Morgan fingerprint density at radius 1 is 1.29 bits per heavy atom. The van der Waals surface area contributed by atoms with Crippen molar-refractivity contribution in [3.05, 3.63) is 12.2 Å². The maximum atomic E-state index is 11.1. The molecule has 0 bridgehead atoms. The largest absolute Gasteiger partial charge is 0.462 e. The van der Waals surface area contributed by atoms with Gasteiger partial charge in [-0.25, -0.2) is 0 Å². The average Bonchev–Trinajstić information content (AvgIpc) is 2.59. The molecular formula is C12H18O2. The quantitative estimate of drug-likeness (QED) is 0.499. The summed E-state index contributed by atoms with van der Waals surface area (Å²) < 4.78 is 5.39. The van der Waals surface area contributed by atoms with Gasteiger partial charge in [-0.3, -0.25) is 4.79 Å². The van der Waals surface area contributed by atoms with E-state index in [4.69, 9.17) is 4.74 Å². The number of fused-ring (bicyclic) bond motifs is 1. The second-order valence-electron chi connectivity index (χ2n) is 4.40. The van der Waals surface area contributed by atoms with Gasteiger partial charge in [0.15, 0.2) is 0 Å². The predicted molar refractivity (Wildman–Crippen MR) is 54.8 cm³/mol. The molecule has 0 heterocycles. The minimum absolute atomic E-state index is 0.0402. The molecule has 2 aliphatic rings. The van der Waals surface area contributed by atoms with E-state index in [-0.39, 0.29) is 12.1 Å². The molecular weight excluding hydrogens is 176 g/mol. The van der Waals surface area contributed by atoms with E-state index in [1.165, 1.54) is 12.8 Å². The fourth-order valence-electron chi connectivity index (χ4n) is 2.64. The Hall–Kier alpha value is -0.790. The molecule has 0 aromatic carbocycles. The monoisotopic (exact) mass is 194 g/mol. The van der Waals surface area contributed by atoms with Crippen molar-refractivity contribution in [3.63, 3.8) is 0 Å². The number of carbonyl (C=O) groups excluding carboxylic acids is 1. The zero-order valence-electron chi connectivity index (χ0n) is 8.74. The third-order valence-electron chi connectivity index (χ3n) is 3.43. The summed E-state index contributed by atoms with van der Waals surface area (Å²) in [5.74, 6) is 1.51. The van der Waals surface area contributed by atoms with Crippen molar-refractivity contribution >= 4 is 5.97 Å². The van der Waals surface area contributed by atoms with Gasteiger partial charge in [0, 0.05) is 6.42 Å². The van der Waals surface area contributed by atoms with Crippen molar-refractivity contribution in [2.45, 2.75) is 45.1 Å². The Morgan fingerprint density at radius 2 is 1.86 bits per heavy atom. The fraction of sp³-hybridized carbons (Fsp3) is 0.750. The van der Waals surface area contributed by atoms with Crippen LogP contribution < -0.4 is 0 Å². The summed E-state index contributed by atoms with van der Waals surface area (Å²) >= 11 is 0. The summed E-state index contributed by atoms with van der Waals surface area (Å²) in [4.78, 5) is 11.1. The van der Waals surface area contributed by atoms with E-state index in [1.807, 2.05) is 6.92 Å². The van der Waals surface area contributed by atoms with Gasteiger partial charge >= 0.3 is 5.97 Å². The molecule has 0 radical (unpaired) electrons. The van der Waals surface area contributed by atoms with Gasteiger partial charge in [0.05, 0.1) is 0 Å². The average molecular weight is 194 g/mol. The van der Waals surface area contributed by atoms with Crippen molar-refractivity contribution in [2.75, 3.05) is 0 Å². The Balaban J connectivity index is 1.86. The number of allylic oxidation sites excluding steroid dienone is 2. The molecule has 0 spiro atoms. The molecule has 78 valence electrons. The zero-order chi connectivity index (χ0) is 9.97. The molecule has 14 heavy (non-hydrogen) atoms. The summed E-state index contributed by atoms with van der Waals surface area (Å²) in [5, 5.41) is 0. The Bertz CT molecular complexity index is 229. The highest BCUT2D eigenvalue weighted by atomic mass is 16.5. The van der Waals surface area contributed by atoms with Crippen molar-refractivity contribution < 1.29 is 9.53 Å². The molecule has 2 nitrogen and oxygen atoms in total. The number of hydrogen-bond acceptors (Lipinski definition) is 2. The van der Waals surface area contributed by atoms with Crippen LogP contribution >= 0.6 is 0 Å². The first-order valence-electron chi connectivity index (χ1n) is 5.64. The molecule has 0 aromatic heterocycles. The second-order valence-corrected chi connectivity index (χ2v) is 4.40. The lowest BCUT2D eigenvalue weighted by Crippen LogP contribution is -2.14. The fourth-order valence-corrected chi connectivity index (χ4v) is 2.64. The molecule has 0 aromatic rings. The van der Waals surface area contributed by atoms with Crippen LogP contribution in [0.1, 0.15) is 39.0 Å². The smallest absolute Gasteiger partial charge is 0.305 e. The molecule has 2 heteroatoms. The molecule has 1 saturated carbocycles. The topological polar surface area (TPSA) is 26.3 Å². The summed E-state index contributed by atoms with van der Waals surface area (Å²) in [6, 6.07) is 0. The highest BCUT2D eigenvalue weighted by Gasteiger charge is 2.35. The maximum absolute atomic E-state index is 11.1. The van der Waals surface area contributed by atoms with Gasteiger partial charge in [0.1, 0.15) is 6.10 Å². The van der Waals surface area contributed by atoms with E-state index in [0.29, 0.717) is 6.42 Å². The molecule has 2 aliphatic carbocycles. The molecule has 1 fully saturated rings. The molecule has 0 saturated heterocycles. The van der Waals surface area contributed by atoms with Crippen LogP contribution in [0.4, 0.5) is 0 Å². The van der Waals surface area contributed by atoms with E-state index >= 15 is 0 Å². The lowest BCUT2D eigenvalue weighted by Gasteiger charge is -2.19. The summed E-state index contributed by atoms with van der Waals surface area (Å²) in [7, 11) is 0. The lowest BCUT2D eigenvalue weighted by molar-refractivity contribution is -0.148. The number of carbonyl (C=O) groups is 1. The standard InChI is InChI=1S/C12H18O2/c1-2-12(13)14-11-7-9-5-3-4-6-10(9)8-11/h3-4,9-11H,2,5-8H2,1H3. The first kappa shape index (κ1) is 9.75. The van der Waals surface area contributed by atoms with Crippen LogP contribution in [0.15, 0.2) is 12.2 Å². The highest BCUT2D eigenvalue weighted by molar-refractivity contribution is 5.69. The van der Waals surface area contributed by atoms with Crippen LogP contribution in [0, 0.1) is 11.8 Å². The van der Waals surface area contributed by atoms with E-state index in [9.17, 15) is 4.79 Å². The molecule has 2 rings (SSSR count). The Morgan fingerprint density at radius 3 is 2.36 bits per heavy atom. The third-order valence-corrected chi connectivity index (χ3v) is 3.43. The van der Waals surface area contributed by atoms with Crippen LogP contribution in [0.2, 0.25) is 0 Å². The van der Waals surface area contributed by atoms with E-state index < -0.39 is 0 Å². The molecule has 0 amide bonds. The van der Waals surface area contributed by atoms with Gasteiger partial charge in [-0.05, 0) is 37.5 Å². The number of hydrogen-bond donors (Lipinski definition) is 0. The van der Waals surface area contributed by atoms with E-state index in [2.05, 4.69) is 12.2 Å². The van der Waals surface area contributed by atoms with Gasteiger partial charge in [-0.2, -0.15) is 0 Å². The molecule has 2 atom stereocenters. The summed E-state index contributed by atoms with van der Waals surface area (Å²) in [6.07, 6.45) is 9.79. The minimum Gasteiger partial charge on any atom is -0.462 e. The molecule has 2 unspecified atom stereocenters. The van der Waals surface area contributed by atoms with Crippen LogP contribution in [0.3, 0.4) is 0 Å². The van der Waals surface area contributed by atoms with Crippen LogP contribution in [0.5, 0.6) is 0 Å². The van der Waals surface area contributed by atoms with Crippen molar-refractivity contribution in [3.8, 4) is 0 Å². The second kappa shape index (κ2) is 4.16. The highest BCUT2D eigenvalue weighted by Crippen LogP contribution is 2.40. The van der Waals surface area contributed by atoms with Crippen LogP contribution in [-0.4, -0.2) is 12.1 Å². The summed E-state index contributed by atoms with van der Waals surface area (Å²) in [5.41, 5.74) is 0. The van der Waals surface area contributed by atoms with Gasteiger partial charge in [0.2, 0.25) is 0 Å². The van der Waals surface area contributed by atoms with Crippen molar-refractivity contribution in [1.82, 2.24) is 0 Å². The zero-order valence-corrected chi connectivity index (χ0v) is 8.74. The van der Waals surface area contributed by atoms with Crippen LogP contribution in [0.25, 0.3) is 0 Å². The SMILES string of the molecule is CCC(=O)OC1CC2CC=CCC2C1. The van der Waals surface area contributed by atoms with Gasteiger partial charge in [-0.15, -0.1) is 0 Å².